The van der Waals surface area contributed by atoms with Crippen LogP contribution in [0.5, 0.6) is 0 Å². The van der Waals surface area contributed by atoms with Crippen molar-refractivity contribution in [2.45, 2.75) is 31.6 Å². The third-order valence-electron chi connectivity index (χ3n) is 2.63. The Bertz CT molecular complexity index is 392. The van der Waals surface area contributed by atoms with Gasteiger partial charge in [-0.3, -0.25) is 0 Å². The number of aliphatic hydroxyl groups is 1. The van der Waals surface area contributed by atoms with Crippen LogP contribution in [0.25, 0.3) is 10.4 Å². The lowest BCUT2D eigenvalue weighted by Crippen LogP contribution is -2.41. The summed E-state index contributed by atoms with van der Waals surface area (Å²) < 4.78 is 14.9. The predicted octanol–water partition coefficient (Wildman–Crippen LogP) is 0.908. The molecule has 0 saturated carbocycles. The van der Waals surface area contributed by atoms with Gasteiger partial charge in [-0.2, -0.15) is 0 Å². The zero-order valence-electron chi connectivity index (χ0n) is 10.9. The molecule has 0 aliphatic heterocycles. The predicted molar refractivity (Wildman–Crippen MR) is 65.0 cm³/mol. The van der Waals surface area contributed by atoms with Crippen LogP contribution in [0.3, 0.4) is 0 Å². The highest BCUT2D eigenvalue weighted by atomic mass is 16.7. The van der Waals surface area contributed by atoms with Gasteiger partial charge >= 0.3 is 5.97 Å². The molecule has 106 valence electrons. The Morgan fingerprint density at radius 2 is 2.42 bits per heavy atom. The lowest BCUT2D eigenvalue weighted by molar-refractivity contribution is -0.139. The second-order valence-electron chi connectivity index (χ2n) is 3.92. The molecule has 0 aromatic carbocycles. The number of hydrogen-bond donors (Lipinski definition) is 1. The van der Waals surface area contributed by atoms with E-state index in [0.29, 0.717) is 5.57 Å². The summed E-state index contributed by atoms with van der Waals surface area (Å²) in [6, 6.07) is -0.793. The molecule has 1 N–H and O–H groups in total. The van der Waals surface area contributed by atoms with Crippen LogP contribution in [-0.2, 0) is 19.0 Å². The topological polar surface area (TPSA) is 114 Å². The Hall–Kier alpha value is -1.60. The second-order valence-corrected chi connectivity index (χ2v) is 3.92. The number of ether oxygens (including phenoxy) is 3. The van der Waals surface area contributed by atoms with Crippen LogP contribution in [0.2, 0.25) is 0 Å². The minimum Gasteiger partial charge on any atom is -0.463 e. The lowest BCUT2D eigenvalue weighted by Gasteiger charge is -2.30. The summed E-state index contributed by atoms with van der Waals surface area (Å²) in [5.41, 5.74) is 8.79. The first-order valence-corrected chi connectivity index (χ1v) is 5.84. The molecule has 0 unspecified atom stereocenters. The molecule has 1 aliphatic rings. The van der Waals surface area contributed by atoms with Crippen molar-refractivity contribution in [3.63, 3.8) is 0 Å². The molecule has 3 atom stereocenters. The average molecular weight is 271 g/mol. The van der Waals surface area contributed by atoms with Gasteiger partial charge in [0, 0.05) is 24.0 Å². The summed E-state index contributed by atoms with van der Waals surface area (Å²) in [4.78, 5) is 14.3. The molecule has 0 saturated heterocycles. The number of esters is 1. The first kappa shape index (κ1) is 15.5. The SMILES string of the molecule is CCOC(=O)C1=C[C@@H](OCOC)[C@H](N=[N+]=[N-])[C@@H](O)C1. The van der Waals surface area contributed by atoms with E-state index in [1.165, 1.54) is 13.2 Å². The molecule has 0 amide bonds. The van der Waals surface area contributed by atoms with Gasteiger partial charge in [0.2, 0.25) is 0 Å². The first-order chi connectivity index (χ1) is 9.13. The van der Waals surface area contributed by atoms with Gasteiger partial charge in [0.1, 0.15) is 6.79 Å². The van der Waals surface area contributed by atoms with Gasteiger partial charge in [-0.25, -0.2) is 4.79 Å². The number of methoxy groups -OCH3 is 1. The molecule has 0 bridgehead atoms. The molecular formula is C11H17N3O5. The van der Waals surface area contributed by atoms with Crippen LogP contribution < -0.4 is 0 Å². The molecular weight excluding hydrogens is 254 g/mol. The maximum absolute atomic E-state index is 11.6. The molecule has 0 spiro atoms. The number of aliphatic hydroxyl groups excluding tert-OH is 1. The van der Waals surface area contributed by atoms with Gasteiger partial charge < -0.3 is 19.3 Å². The Morgan fingerprint density at radius 1 is 1.68 bits per heavy atom. The Labute approximate surface area is 110 Å². The maximum Gasteiger partial charge on any atom is 0.333 e. The fourth-order valence-corrected chi connectivity index (χ4v) is 1.80. The van der Waals surface area contributed by atoms with Gasteiger partial charge in [-0.15, -0.1) is 0 Å². The zero-order chi connectivity index (χ0) is 14.3. The first-order valence-electron chi connectivity index (χ1n) is 5.84. The van der Waals surface area contributed by atoms with Gasteiger partial charge in [-0.05, 0) is 18.5 Å². The molecule has 1 rings (SSSR count). The van der Waals surface area contributed by atoms with E-state index >= 15 is 0 Å². The van der Waals surface area contributed by atoms with E-state index in [4.69, 9.17) is 19.7 Å². The fourth-order valence-electron chi connectivity index (χ4n) is 1.80. The number of carbonyl (C=O) groups is 1. The summed E-state index contributed by atoms with van der Waals surface area (Å²) in [5.74, 6) is -0.507. The van der Waals surface area contributed by atoms with Crippen molar-refractivity contribution in [1.82, 2.24) is 0 Å². The van der Waals surface area contributed by atoms with Crippen LogP contribution in [0.1, 0.15) is 13.3 Å². The van der Waals surface area contributed by atoms with E-state index in [0.717, 1.165) is 0 Å². The molecule has 0 aromatic heterocycles. The van der Waals surface area contributed by atoms with E-state index < -0.39 is 24.2 Å². The molecule has 1 aliphatic carbocycles. The average Bonchev–Trinajstić information content (AvgIpc) is 2.39. The van der Waals surface area contributed by atoms with Crippen molar-refractivity contribution < 1.29 is 24.1 Å². The largest absolute Gasteiger partial charge is 0.463 e. The van der Waals surface area contributed by atoms with Crippen LogP contribution in [0, 0.1) is 0 Å². The molecule has 0 aromatic rings. The molecule has 8 heteroatoms. The normalized spacial score (nSPS) is 26.3. The van der Waals surface area contributed by atoms with Crippen LogP contribution >= 0.6 is 0 Å². The highest BCUT2D eigenvalue weighted by Gasteiger charge is 2.34. The number of azide groups is 1. The molecule has 8 nitrogen and oxygen atoms in total. The van der Waals surface area contributed by atoms with Gasteiger partial charge in [-0.1, -0.05) is 5.11 Å². The summed E-state index contributed by atoms with van der Waals surface area (Å²) >= 11 is 0. The van der Waals surface area contributed by atoms with Gasteiger partial charge in [0.05, 0.1) is 24.9 Å². The number of hydrogen-bond acceptors (Lipinski definition) is 6. The quantitative estimate of drug-likeness (QED) is 0.253. The third kappa shape index (κ3) is 4.22. The van der Waals surface area contributed by atoms with Gasteiger partial charge in [0.25, 0.3) is 0 Å². The number of carbonyl (C=O) groups excluding carboxylic acids is 1. The van der Waals surface area contributed by atoms with E-state index in [2.05, 4.69) is 10.0 Å². The Kier molecular flexibility index (Phi) is 6.31. The molecule has 0 heterocycles. The highest BCUT2D eigenvalue weighted by molar-refractivity contribution is 5.88. The Morgan fingerprint density at radius 3 is 3.00 bits per heavy atom. The highest BCUT2D eigenvalue weighted by Crippen LogP contribution is 2.25. The molecule has 19 heavy (non-hydrogen) atoms. The van der Waals surface area contributed by atoms with E-state index in [1.807, 2.05) is 0 Å². The van der Waals surface area contributed by atoms with Crippen LogP contribution in [0.4, 0.5) is 0 Å². The van der Waals surface area contributed by atoms with Gasteiger partial charge in [0.15, 0.2) is 0 Å². The lowest BCUT2D eigenvalue weighted by atomic mass is 9.90. The van der Waals surface area contributed by atoms with Crippen molar-refractivity contribution >= 4 is 5.97 Å². The van der Waals surface area contributed by atoms with Crippen molar-refractivity contribution in [3.8, 4) is 0 Å². The zero-order valence-corrected chi connectivity index (χ0v) is 10.9. The van der Waals surface area contributed by atoms with E-state index in [-0.39, 0.29) is 19.8 Å². The van der Waals surface area contributed by atoms with Crippen molar-refractivity contribution in [2.75, 3.05) is 20.5 Å². The third-order valence-corrected chi connectivity index (χ3v) is 2.63. The molecule has 0 fully saturated rings. The maximum atomic E-state index is 11.6. The van der Waals surface area contributed by atoms with E-state index in [9.17, 15) is 9.90 Å². The Balaban J connectivity index is 2.90. The summed E-state index contributed by atoms with van der Waals surface area (Å²) in [6.07, 6.45) is -0.153. The smallest absolute Gasteiger partial charge is 0.333 e. The van der Waals surface area contributed by atoms with Crippen molar-refractivity contribution in [1.29, 1.82) is 0 Å². The summed E-state index contributed by atoms with van der Waals surface area (Å²) in [5, 5.41) is 13.4. The summed E-state index contributed by atoms with van der Waals surface area (Å²) in [6.45, 7) is 1.90. The molecule has 0 radical (unpaired) electrons. The van der Waals surface area contributed by atoms with Crippen LogP contribution in [-0.4, -0.2) is 49.8 Å². The van der Waals surface area contributed by atoms with Crippen molar-refractivity contribution in [2.24, 2.45) is 5.11 Å². The standard InChI is InChI=1S/C11H17N3O5/c1-3-18-11(16)7-4-8(15)10(13-14-12)9(5-7)19-6-17-2/h5,8-10,15H,3-4,6H2,1-2H3/t8-,9+,10+/m0/s1. The second kappa shape index (κ2) is 7.75. The fraction of sp³-hybridized carbons (Fsp3) is 0.727. The minimum absolute atomic E-state index is 0.0402. The summed E-state index contributed by atoms with van der Waals surface area (Å²) in [7, 11) is 1.44. The minimum atomic E-state index is -0.998. The number of rotatable bonds is 6. The number of nitrogens with zero attached hydrogens (tertiary/aromatic N) is 3. The van der Waals surface area contributed by atoms with E-state index in [1.54, 1.807) is 6.92 Å². The monoisotopic (exact) mass is 271 g/mol. The van der Waals surface area contributed by atoms with Crippen molar-refractivity contribution in [3.05, 3.63) is 22.1 Å². The van der Waals surface area contributed by atoms with Crippen LogP contribution in [0.15, 0.2) is 16.8 Å².